The first kappa shape index (κ1) is 95.9. The smallest absolute Gasteiger partial charge is 0.397 e. The monoisotopic (exact) mass is 1560 g/mol. The Morgan fingerprint density at radius 2 is 1.23 bits per heavy atom. The number of aliphatic hydroxyl groups excluding tert-OH is 12. The van der Waals surface area contributed by atoms with Crippen LogP contribution < -0.4 is 11.1 Å². The lowest BCUT2D eigenvalue weighted by Gasteiger charge is -2.35. The average molecular weight is 1560 g/mol. The van der Waals surface area contributed by atoms with E-state index < -0.39 is 126 Å². The molecule has 0 radical (unpaired) electrons. The van der Waals surface area contributed by atoms with E-state index in [1.807, 2.05) is 19.1 Å². The number of oxazole rings is 1. The van der Waals surface area contributed by atoms with Crippen molar-refractivity contribution in [1.29, 1.82) is 0 Å². The zero-order valence-corrected chi connectivity index (χ0v) is 67.0. The Morgan fingerprint density at radius 1 is 0.664 bits per heavy atom. The van der Waals surface area contributed by atoms with Gasteiger partial charge < -0.3 is 91.0 Å². The third kappa shape index (κ3) is 41.2. The van der Waals surface area contributed by atoms with Crippen molar-refractivity contribution >= 4 is 33.6 Å². The van der Waals surface area contributed by atoms with Crippen molar-refractivity contribution < 1.29 is 107 Å². The number of fused-ring (bicyclic) bond motifs is 2. The minimum Gasteiger partial charge on any atom is -0.456 e. The van der Waals surface area contributed by atoms with E-state index in [0.29, 0.717) is 96.3 Å². The first-order valence-corrected chi connectivity index (χ1v) is 42.4. The lowest BCUT2D eigenvalue weighted by Crippen LogP contribution is -2.55. The number of carbonyl (C=O) groups excluding carboxylic acids is 2. The van der Waals surface area contributed by atoms with Gasteiger partial charge in [0.15, 0.2) is 11.6 Å². The maximum atomic E-state index is 14.2. The number of methoxy groups -OCH3 is 1. The molecule has 1 saturated heterocycles. The summed E-state index contributed by atoms with van der Waals surface area (Å²) in [5.41, 5.74) is 6.57. The maximum Gasteiger partial charge on any atom is 0.397 e. The molecule has 1 amide bonds. The average Bonchev–Trinajstić information content (AvgIpc) is 1.73. The van der Waals surface area contributed by atoms with Gasteiger partial charge in [0.1, 0.15) is 24.6 Å². The Kier molecular flexibility index (Phi) is 46.6. The molecular weight excluding hydrogens is 1420 g/mol. The maximum absolute atomic E-state index is 14.2. The van der Waals surface area contributed by atoms with Gasteiger partial charge in [-0.1, -0.05) is 90.9 Å². The molecule has 2 aromatic rings. The number of aliphatic hydroxyl groups is 12. The Labute approximate surface area is 642 Å². The van der Waals surface area contributed by atoms with Crippen LogP contribution in [0.3, 0.4) is 0 Å². The first-order chi connectivity index (χ1) is 50.7. The molecule has 107 heavy (non-hydrogen) atoms. The molecule has 0 unspecified atom stereocenters. The van der Waals surface area contributed by atoms with Crippen LogP contribution in [0, 0.1) is 23.7 Å². The number of nitrogens with zero attached hydrogens (tertiary/aromatic N) is 2. The standard InChI is InChI=1S/C79H140N4O22S2/c1-50-33-36-64(91)41-59(86)25-17-24-57(84)23-16-15-21-52(3)77(105-107(98,99)100)76(56(7)103-79(97)69-48-102-74(81-69)31-20-30-60(87)40-58(85)26-19-29-63(90)45-68(101-8)37-34-50)83-78(96)54(5)39-53(4)71(95)46-66(93)43-62(89)28-18-27-61(88)42-65(92)44-67(94)47-73-51(2)35-38-72(104-73)70-49-106-75(82-70)32-14-12-10-9-11-13-22-55(6)80/h34,37,39,48-53,55-68,71-73,76-77,84-95H,9-33,35-36,38,40-47,80H2,1-8H3,(H,83,96)(H,98,99,100)/b37-34-,54-39+/t50-,51-,52+,53-,55-,56+,57+,58+,59-,60+,61-,62-,63+,64+,65-,66+,67-,68+,71-,72+,73+,76-,77+/m1/s1. The first-order valence-electron chi connectivity index (χ1n) is 40.2. The van der Waals surface area contributed by atoms with Gasteiger partial charge in [0.2, 0.25) is 5.91 Å². The molecule has 1 fully saturated rings. The molecule has 2 aromatic heterocycles. The van der Waals surface area contributed by atoms with Crippen LogP contribution in [0.15, 0.2) is 39.9 Å². The Bertz CT molecular complexity index is 2890. The second kappa shape index (κ2) is 52.0. The fourth-order valence-corrected chi connectivity index (χ4v) is 16.1. The van der Waals surface area contributed by atoms with Crippen LogP contribution in [0.4, 0.5) is 0 Å². The summed E-state index contributed by atoms with van der Waals surface area (Å²) in [7, 11) is -3.68. The van der Waals surface area contributed by atoms with Crippen LogP contribution in [0.1, 0.15) is 300 Å². The number of carbonyl (C=O) groups is 2. The van der Waals surface area contributed by atoms with Gasteiger partial charge >= 0.3 is 16.4 Å². The predicted octanol–water partition coefficient (Wildman–Crippen LogP) is 9.59. The number of ether oxygens (including phenoxy) is 3. The van der Waals surface area contributed by atoms with E-state index in [1.165, 1.54) is 52.0 Å². The van der Waals surface area contributed by atoms with Gasteiger partial charge in [-0.05, 0) is 212 Å². The molecular formula is C79H140N4O22S2. The molecule has 26 nitrogen and oxygen atoms in total. The predicted molar refractivity (Wildman–Crippen MR) is 410 cm³/mol. The third-order valence-electron chi connectivity index (χ3n) is 21.3. The lowest BCUT2D eigenvalue weighted by atomic mass is 9.88. The van der Waals surface area contributed by atoms with Gasteiger partial charge in [-0.2, -0.15) is 8.42 Å². The quantitative estimate of drug-likeness (QED) is 0.0110. The van der Waals surface area contributed by atoms with Crippen molar-refractivity contribution in [2.45, 2.75) is 395 Å². The van der Waals surface area contributed by atoms with Crippen LogP contribution >= 0.6 is 11.3 Å². The molecule has 2 aliphatic heterocycles. The van der Waals surface area contributed by atoms with Crippen LogP contribution in [-0.2, 0) is 46.4 Å². The van der Waals surface area contributed by atoms with Crippen molar-refractivity contribution in [3.8, 4) is 0 Å². The topological polar surface area (TPSA) is 445 Å². The minimum absolute atomic E-state index is 0.0190. The Morgan fingerprint density at radius 3 is 1.87 bits per heavy atom. The molecule has 0 aromatic carbocycles. The molecule has 16 N–H and O–H groups in total. The number of esters is 1. The van der Waals surface area contributed by atoms with E-state index in [2.05, 4.69) is 29.5 Å². The highest BCUT2D eigenvalue weighted by atomic mass is 32.3. The number of hydrogen-bond donors (Lipinski definition) is 15. The second-order valence-electron chi connectivity index (χ2n) is 31.8. The molecule has 2 aliphatic rings. The third-order valence-corrected chi connectivity index (χ3v) is 22.7. The molecule has 28 heteroatoms. The fraction of sp³-hybridized carbons (Fsp3) is 0.848. The number of aromatic nitrogens is 2. The molecule has 0 aliphatic carbocycles. The van der Waals surface area contributed by atoms with E-state index >= 15 is 0 Å². The van der Waals surface area contributed by atoms with Gasteiger partial charge in [0, 0.05) is 42.9 Å². The highest BCUT2D eigenvalue weighted by Gasteiger charge is 2.40. The lowest BCUT2D eigenvalue weighted by molar-refractivity contribution is -0.120. The highest BCUT2D eigenvalue weighted by Crippen LogP contribution is 2.38. The van der Waals surface area contributed by atoms with E-state index in [-0.39, 0.29) is 124 Å². The zero-order chi connectivity index (χ0) is 79.2. The highest BCUT2D eigenvalue weighted by molar-refractivity contribution is 7.80. The number of cyclic esters (lactones) is 1. The van der Waals surface area contributed by atoms with Crippen LogP contribution in [-0.4, -0.2) is 213 Å². The van der Waals surface area contributed by atoms with Crippen molar-refractivity contribution in [2.24, 2.45) is 29.4 Å². The van der Waals surface area contributed by atoms with Gasteiger partial charge in [0.25, 0.3) is 0 Å². The molecule has 620 valence electrons. The number of nitrogens with two attached hydrogens (primary N) is 1. The summed E-state index contributed by atoms with van der Waals surface area (Å²) in [6.07, 6.45) is 10.1. The van der Waals surface area contributed by atoms with E-state index in [1.54, 1.807) is 32.3 Å². The number of rotatable bonds is 31. The van der Waals surface area contributed by atoms with E-state index in [9.17, 15) is 83.8 Å². The summed E-state index contributed by atoms with van der Waals surface area (Å²) in [6.45, 7) is 12.2. The SMILES string of the molecule is CO[C@H]1/C=C\[C@H](C)CC[C@H](O)C[C@H](O)CCC[C@@H](O)CCCC[C@H](C)[C@H](OS(=O)(=O)O)[C@H](NC(=O)/C(C)=C/[C@@H](C)[C@H](O)C[C@@H](O)C[C@H](O)CCC[C@@H](O)C[C@@H](O)C[C@@H](O)C[C@@H]2O[C@H](c3csc(CCCCCCCC[C@@H](C)N)n3)CC[C@H]2C)[C@H](C)OC(=O)c2coc(n2)CCC[C@H](O)C[C@@H](O)CCC[C@H](O)C1. The van der Waals surface area contributed by atoms with Gasteiger partial charge in [-0.15, -0.1) is 11.3 Å². The van der Waals surface area contributed by atoms with Crippen molar-refractivity contribution in [1.82, 2.24) is 15.3 Å². The zero-order valence-electron chi connectivity index (χ0n) is 65.4. The number of aryl methyl sites for hydroxylation is 2. The molecule has 4 heterocycles. The van der Waals surface area contributed by atoms with Gasteiger partial charge in [0.05, 0.1) is 102 Å². The van der Waals surface area contributed by atoms with Gasteiger partial charge in [-0.25, -0.2) is 18.9 Å². The van der Waals surface area contributed by atoms with Crippen molar-refractivity contribution in [2.75, 3.05) is 7.11 Å². The Balaban J connectivity index is 1.32. The summed E-state index contributed by atoms with van der Waals surface area (Å²) >= 11 is 1.67. The fourth-order valence-electron chi connectivity index (χ4n) is 14.6. The number of amides is 1. The largest absolute Gasteiger partial charge is 0.456 e. The summed E-state index contributed by atoms with van der Waals surface area (Å²) in [5.74, 6) is -2.94. The summed E-state index contributed by atoms with van der Waals surface area (Å²) in [6, 6.07) is -1.21. The number of nitrogens with one attached hydrogen (secondary N) is 1. The minimum atomic E-state index is -5.24. The van der Waals surface area contributed by atoms with Crippen LogP contribution in [0.5, 0.6) is 0 Å². The normalized spacial score (nSPS) is 30.0. The summed E-state index contributed by atoms with van der Waals surface area (Å²) < 4.78 is 64.3. The van der Waals surface area contributed by atoms with Crippen molar-refractivity contribution in [3.05, 3.63) is 57.7 Å². The molecule has 0 saturated carbocycles. The van der Waals surface area contributed by atoms with Crippen molar-refractivity contribution in [3.63, 3.8) is 0 Å². The molecule has 0 spiro atoms. The number of allylic oxidation sites excluding steroid dienone is 1. The molecule has 23 atom stereocenters. The Hall–Kier alpha value is -3.47. The van der Waals surface area contributed by atoms with Crippen LogP contribution in [0.25, 0.3) is 0 Å². The number of thiazole rings is 1. The molecule has 4 rings (SSSR count). The number of unbranched alkanes of at least 4 members (excludes halogenated alkanes) is 5. The van der Waals surface area contributed by atoms with E-state index in [4.69, 9.17) is 33.5 Å². The summed E-state index contributed by atoms with van der Waals surface area (Å²) in [4.78, 5) is 37.2. The number of hydrogen-bond acceptors (Lipinski definition) is 25. The molecule has 2 bridgehead atoms. The second-order valence-corrected chi connectivity index (χ2v) is 33.8. The van der Waals surface area contributed by atoms with Crippen LogP contribution in [0.2, 0.25) is 0 Å². The van der Waals surface area contributed by atoms with E-state index in [0.717, 1.165) is 49.1 Å². The van der Waals surface area contributed by atoms with Gasteiger partial charge in [-0.3, -0.25) is 9.35 Å². The summed E-state index contributed by atoms with van der Waals surface area (Å²) in [5, 5.41) is 137.